The number of nitrogens with zero attached hydrogens (tertiary/aromatic N) is 1. The zero-order valence-corrected chi connectivity index (χ0v) is 17.7. The highest BCUT2D eigenvalue weighted by Gasteiger charge is 2.35. The van der Waals surface area contributed by atoms with E-state index in [1.54, 1.807) is 11.8 Å². The molecule has 0 spiro atoms. The number of para-hydroxylation sites is 1. The van der Waals surface area contributed by atoms with Gasteiger partial charge in [-0.05, 0) is 48.6 Å². The molecule has 0 bridgehead atoms. The second-order valence-electron chi connectivity index (χ2n) is 7.86. The first-order valence-electron chi connectivity index (χ1n) is 10.6. The number of benzene rings is 2. The van der Waals surface area contributed by atoms with Gasteiger partial charge >= 0.3 is 0 Å². The minimum atomic E-state index is -0.0678. The number of hydrogen-bond acceptors (Lipinski definition) is 3. The Balaban J connectivity index is 1.56. The highest BCUT2D eigenvalue weighted by molar-refractivity contribution is 8.00. The van der Waals surface area contributed by atoms with Crippen molar-refractivity contribution in [3.8, 4) is 0 Å². The third kappa shape index (κ3) is 4.35. The van der Waals surface area contributed by atoms with Gasteiger partial charge in [0.2, 0.25) is 11.8 Å². The van der Waals surface area contributed by atoms with Gasteiger partial charge in [0.1, 0.15) is 5.37 Å². The van der Waals surface area contributed by atoms with E-state index < -0.39 is 0 Å². The van der Waals surface area contributed by atoms with Crippen LogP contribution in [0.3, 0.4) is 0 Å². The fourth-order valence-electron chi connectivity index (χ4n) is 4.35. The van der Waals surface area contributed by atoms with Gasteiger partial charge < -0.3 is 5.32 Å². The molecule has 1 aliphatic carbocycles. The third-order valence-corrected chi connectivity index (χ3v) is 7.13. The summed E-state index contributed by atoms with van der Waals surface area (Å²) >= 11 is 1.65. The number of hydrogen-bond donors (Lipinski definition) is 1. The normalized spacial score (nSPS) is 20.1. The lowest BCUT2D eigenvalue weighted by atomic mass is 9.88. The largest absolute Gasteiger partial charge is 0.326 e. The molecule has 29 heavy (non-hydrogen) atoms. The molecule has 1 N–H and O–H groups in total. The summed E-state index contributed by atoms with van der Waals surface area (Å²) in [6.45, 7) is 2.11. The van der Waals surface area contributed by atoms with E-state index in [9.17, 15) is 9.59 Å². The van der Waals surface area contributed by atoms with Gasteiger partial charge in [-0.25, -0.2) is 0 Å². The number of amides is 2. The maximum Gasteiger partial charge on any atom is 0.238 e. The topological polar surface area (TPSA) is 49.4 Å². The summed E-state index contributed by atoms with van der Waals surface area (Å²) in [5.41, 5.74) is 4.04. The molecule has 1 unspecified atom stereocenters. The van der Waals surface area contributed by atoms with Gasteiger partial charge in [0, 0.05) is 17.3 Å². The summed E-state index contributed by atoms with van der Waals surface area (Å²) < 4.78 is 0. The van der Waals surface area contributed by atoms with E-state index >= 15 is 0 Å². The van der Waals surface area contributed by atoms with Gasteiger partial charge in [0.15, 0.2) is 0 Å². The number of aryl methyl sites for hydroxylation is 1. The van der Waals surface area contributed by atoms with Crippen LogP contribution in [-0.2, 0) is 16.0 Å². The van der Waals surface area contributed by atoms with Crippen molar-refractivity contribution < 1.29 is 9.59 Å². The van der Waals surface area contributed by atoms with Crippen molar-refractivity contribution in [3.05, 3.63) is 59.7 Å². The fourth-order valence-corrected chi connectivity index (χ4v) is 5.51. The molecule has 2 aromatic carbocycles. The number of nitrogens with one attached hydrogen (secondary N) is 1. The predicted octanol–water partition coefficient (Wildman–Crippen LogP) is 5.55. The smallest absolute Gasteiger partial charge is 0.238 e. The fraction of sp³-hybridized carbons (Fsp3) is 0.417. The minimum Gasteiger partial charge on any atom is -0.326 e. The molecule has 1 aliphatic heterocycles. The SMILES string of the molecule is CCc1ccccc1N1C(=O)CSC1c1cccc(NC(=O)C2CCCCC2)c1. The van der Waals surface area contributed by atoms with E-state index in [0.29, 0.717) is 5.75 Å². The van der Waals surface area contributed by atoms with Gasteiger partial charge in [-0.3, -0.25) is 14.5 Å². The van der Waals surface area contributed by atoms with E-state index in [4.69, 9.17) is 0 Å². The molecule has 4 nitrogen and oxygen atoms in total. The Morgan fingerprint density at radius 3 is 2.69 bits per heavy atom. The molecule has 0 aromatic heterocycles. The third-order valence-electron chi connectivity index (χ3n) is 5.92. The van der Waals surface area contributed by atoms with Crippen LogP contribution < -0.4 is 10.2 Å². The molecule has 0 radical (unpaired) electrons. The molecule has 2 amide bonds. The van der Waals surface area contributed by atoms with Crippen molar-refractivity contribution >= 4 is 35.0 Å². The Kier molecular flexibility index (Phi) is 6.24. The molecule has 2 fully saturated rings. The van der Waals surface area contributed by atoms with Crippen molar-refractivity contribution in [2.24, 2.45) is 5.92 Å². The lowest BCUT2D eigenvalue weighted by molar-refractivity contribution is -0.120. The first-order valence-corrected chi connectivity index (χ1v) is 11.6. The van der Waals surface area contributed by atoms with Crippen LogP contribution in [0.25, 0.3) is 0 Å². The Bertz CT molecular complexity index is 892. The summed E-state index contributed by atoms with van der Waals surface area (Å²) in [7, 11) is 0. The molecule has 1 heterocycles. The molecular weight excluding hydrogens is 380 g/mol. The lowest BCUT2D eigenvalue weighted by Gasteiger charge is -2.27. The molecule has 1 saturated carbocycles. The van der Waals surface area contributed by atoms with Crippen LogP contribution in [0.4, 0.5) is 11.4 Å². The molecule has 152 valence electrons. The van der Waals surface area contributed by atoms with Crippen LogP contribution >= 0.6 is 11.8 Å². The molecule has 4 rings (SSSR count). The average molecular weight is 409 g/mol. The summed E-state index contributed by atoms with van der Waals surface area (Å²) in [5, 5.41) is 3.04. The molecular formula is C24H28N2O2S. The van der Waals surface area contributed by atoms with E-state index in [2.05, 4.69) is 18.3 Å². The van der Waals surface area contributed by atoms with Crippen molar-refractivity contribution in [1.82, 2.24) is 0 Å². The van der Waals surface area contributed by atoms with E-state index in [-0.39, 0.29) is 23.1 Å². The average Bonchev–Trinajstić information content (AvgIpc) is 3.15. The second-order valence-corrected chi connectivity index (χ2v) is 8.93. The number of carbonyl (C=O) groups is 2. The van der Waals surface area contributed by atoms with Crippen LogP contribution in [0.15, 0.2) is 48.5 Å². The minimum absolute atomic E-state index is 0.0678. The van der Waals surface area contributed by atoms with Crippen molar-refractivity contribution in [3.63, 3.8) is 0 Å². The van der Waals surface area contributed by atoms with Gasteiger partial charge in [0.25, 0.3) is 0 Å². The monoisotopic (exact) mass is 408 g/mol. The van der Waals surface area contributed by atoms with Crippen molar-refractivity contribution in [2.75, 3.05) is 16.0 Å². The van der Waals surface area contributed by atoms with Gasteiger partial charge in [-0.2, -0.15) is 0 Å². The van der Waals surface area contributed by atoms with Gasteiger partial charge in [-0.1, -0.05) is 56.5 Å². The maximum atomic E-state index is 12.7. The quantitative estimate of drug-likeness (QED) is 0.706. The molecule has 1 saturated heterocycles. The zero-order valence-electron chi connectivity index (χ0n) is 16.9. The number of carbonyl (C=O) groups excluding carboxylic acids is 2. The van der Waals surface area contributed by atoms with Crippen LogP contribution in [0.2, 0.25) is 0 Å². The first-order chi connectivity index (χ1) is 14.2. The molecule has 1 atom stereocenters. The van der Waals surface area contributed by atoms with E-state index in [0.717, 1.165) is 49.0 Å². The van der Waals surface area contributed by atoms with Crippen molar-refractivity contribution in [1.29, 1.82) is 0 Å². The summed E-state index contributed by atoms with van der Waals surface area (Å²) in [6, 6.07) is 16.1. The zero-order chi connectivity index (χ0) is 20.2. The lowest BCUT2D eigenvalue weighted by Crippen LogP contribution is -2.29. The van der Waals surface area contributed by atoms with E-state index in [1.165, 1.54) is 12.0 Å². The summed E-state index contributed by atoms with van der Waals surface area (Å²) in [4.78, 5) is 27.3. The summed E-state index contributed by atoms with van der Waals surface area (Å²) in [5.74, 6) is 0.868. The van der Waals surface area contributed by atoms with Crippen LogP contribution in [0.1, 0.15) is 55.5 Å². The maximum absolute atomic E-state index is 12.7. The molecule has 2 aromatic rings. The van der Waals surface area contributed by atoms with Crippen molar-refractivity contribution in [2.45, 2.75) is 50.8 Å². The Labute approximate surface area is 177 Å². The van der Waals surface area contributed by atoms with E-state index in [1.807, 2.05) is 47.4 Å². The number of anilines is 2. The highest BCUT2D eigenvalue weighted by atomic mass is 32.2. The first kappa shape index (κ1) is 20.0. The van der Waals surface area contributed by atoms with Gasteiger partial charge in [-0.15, -0.1) is 11.8 Å². The number of rotatable bonds is 5. The Hall–Kier alpha value is -2.27. The molecule has 5 heteroatoms. The predicted molar refractivity (Wildman–Crippen MR) is 120 cm³/mol. The van der Waals surface area contributed by atoms with Crippen LogP contribution in [-0.4, -0.2) is 17.6 Å². The second kappa shape index (κ2) is 9.04. The summed E-state index contributed by atoms with van der Waals surface area (Å²) in [6.07, 6.45) is 6.38. The highest BCUT2D eigenvalue weighted by Crippen LogP contribution is 2.43. The van der Waals surface area contributed by atoms with Crippen LogP contribution in [0.5, 0.6) is 0 Å². The standard InChI is InChI=1S/C24H28N2O2S/c1-2-17-9-6-7-14-21(17)26-22(27)16-29-24(26)19-12-8-13-20(15-19)25-23(28)18-10-4-3-5-11-18/h6-9,12-15,18,24H,2-5,10-11,16H2,1H3,(H,25,28). The van der Waals surface area contributed by atoms with Crippen LogP contribution in [0, 0.1) is 5.92 Å². The Morgan fingerprint density at radius 1 is 1.10 bits per heavy atom. The van der Waals surface area contributed by atoms with Gasteiger partial charge in [0.05, 0.1) is 5.75 Å². The molecule has 2 aliphatic rings. The Morgan fingerprint density at radius 2 is 1.90 bits per heavy atom. The number of thioether (sulfide) groups is 1.